The van der Waals surface area contributed by atoms with E-state index in [4.69, 9.17) is 0 Å². The first kappa shape index (κ1) is 11.9. The average molecular weight is 216 g/mol. The molecule has 1 aliphatic heterocycles. The molecule has 0 radical (unpaired) electrons. The van der Waals surface area contributed by atoms with E-state index in [1.54, 1.807) is 11.8 Å². The van der Waals surface area contributed by atoms with Crippen molar-refractivity contribution in [3.63, 3.8) is 0 Å². The van der Waals surface area contributed by atoms with E-state index >= 15 is 0 Å². The first-order valence-electron chi connectivity index (χ1n) is 5.16. The van der Waals surface area contributed by atoms with E-state index in [1.807, 2.05) is 6.26 Å². The second kappa shape index (κ2) is 5.61. The predicted octanol–water partition coefficient (Wildman–Crippen LogP) is 0.852. The van der Waals surface area contributed by atoms with E-state index in [2.05, 4.69) is 24.5 Å². The highest BCUT2D eigenvalue weighted by Gasteiger charge is 2.26. The predicted molar refractivity (Wildman–Crippen MR) is 61.6 cm³/mol. The van der Waals surface area contributed by atoms with E-state index in [0.29, 0.717) is 12.0 Å². The molecule has 0 saturated carbocycles. The SMILES string of the molecule is CSCC1NCC(CC(C)C)NC1=O. The highest BCUT2D eigenvalue weighted by molar-refractivity contribution is 7.98. The van der Waals surface area contributed by atoms with Crippen molar-refractivity contribution in [1.29, 1.82) is 0 Å². The number of hydrogen-bond donors (Lipinski definition) is 2. The second-order valence-electron chi connectivity index (χ2n) is 4.25. The largest absolute Gasteiger partial charge is 0.351 e. The molecule has 1 saturated heterocycles. The number of amides is 1. The molecule has 0 aromatic heterocycles. The Labute approximate surface area is 90.4 Å². The molecule has 2 unspecified atom stereocenters. The maximum absolute atomic E-state index is 11.6. The third-order valence-corrected chi connectivity index (χ3v) is 3.03. The summed E-state index contributed by atoms with van der Waals surface area (Å²) >= 11 is 1.70. The Morgan fingerprint density at radius 3 is 2.79 bits per heavy atom. The highest BCUT2D eigenvalue weighted by Crippen LogP contribution is 2.09. The van der Waals surface area contributed by atoms with Crippen molar-refractivity contribution in [2.45, 2.75) is 32.4 Å². The molecule has 1 rings (SSSR count). The lowest BCUT2D eigenvalue weighted by molar-refractivity contribution is -0.124. The van der Waals surface area contributed by atoms with Gasteiger partial charge in [0.15, 0.2) is 0 Å². The van der Waals surface area contributed by atoms with Crippen LogP contribution in [-0.4, -0.2) is 36.5 Å². The Kier molecular flexibility index (Phi) is 4.75. The van der Waals surface area contributed by atoms with Crippen molar-refractivity contribution in [2.75, 3.05) is 18.6 Å². The summed E-state index contributed by atoms with van der Waals surface area (Å²) in [6.45, 7) is 5.27. The minimum Gasteiger partial charge on any atom is -0.351 e. The molecule has 0 aromatic rings. The van der Waals surface area contributed by atoms with E-state index in [-0.39, 0.29) is 11.9 Å². The summed E-state index contributed by atoms with van der Waals surface area (Å²) in [6.07, 6.45) is 3.08. The van der Waals surface area contributed by atoms with Crippen molar-refractivity contribution in [3.8, 4) is 0 Å². The van der Waals surface area contributed by atoms with Gasteiger partial charge in [-0.05, 0) is 18.6 Å². The molecule has 1 heterocycles. The van der Waals surface area contributed by atoms with E-state index in [0.717, 1.165) is 18.7 Å². The van der Waals surface area contributed by atoms with Crippen LogP contribution in [0.3, 0.4) is 0 Å². The van der Waals surface area contributed by atoms with E-state index in [1.165, 1.54) is 0 Å². The summed E-state index contributed by atoms with van der Waals surface area (Å²) in [6, 6.07) is 0.328. The molecular formula is C10H20N2OS. The fraction of sp³-hybridized carbons (Fsp3) is 0.900. The average Bonchev–Trinajstić information content (AvgIpc) is 2.09. The Morgan fingerprint density at radius 2 is 2.29 bits per heavy atom. The zero-order valence-corrected chi connectivity index (χ0v) is 9.99. The first-order chi connectivity index (χ1) is 6.63. The van der Waals surface area contributed by atoms with Crippen LogP contribution in [0.15, 0.2) is 0 Å². The molecule has 3 nitrogen and oxygen atoms in total. The standard InChI is InChI=1S/C10H20N2OS/c1-7(2)4-8-5-11-9(6-14-3)10(13)12-8/h7-9,11H,4-6H2,1-3H3,(H,12,13). The van der Waals surface area contributed by atoms with Gasteiger partial charge in [0.25, 0.3) is 0 Å². The fourth-order valence-electron chi connectivity index (χ4n) is 1.74. The molecular weight excluding hydrogens is 196 g/mol. The van der Waals surface area contributed by atoms with Crippen LogP contribution < -0.4 is 10.6 Å². The van der Waals surface area contributed by atoms with Crippen LogP contribution in [0.4, 0.5) is 0 Å². The number of nitrogens with one attached hydrogen (secondary N) is 2. The number of hydrogen-bond acceptors (Lipinski definition) is 3. The van der Waals surface area contributed by atoms with Crippen LogP contribution in [0.25, 0.3) is 0 Å². The molecule has 2 atom stereocenters. The maximum atomic E-state index is 11.6. The topological polar surface area (TPSA) is 41.1 Å². The quantitative estimate of drug-likeness (QED) is 0.732. The van der Waals surface area contributed by atoms with Gasteiger partial charge in [-0.2, -0.15) is 11.8 Å². The molecule has 2 N–H and O–H groups in total. The van der Waals surface area contributed by atoms with Gasteiger partial charge in [-0.25, -0.2) is 0 Å². The summed E-state index contributed by atoms with van der Waals surface area (Å²) in [5, 5.41) is 6.36. The summed E-state index contributed by atoms with van der Waals surface area (Å²) in [5.74, 6) is 1.66. The van der Waals surface area contributed by atoms with Gasteiger partial charge in [-0.1, -0.05) is 13.8 Å². The lowest BCUT2D eigenvalue weighted by Crippen LogP contribution is -2.59. The molecule has 1 aliphatic rings. The van der Waals surface area contributed by atoms with E-state index < -0.39 is 0 Å². The lowest BCUT2D eigenvalue weighted by atomic mass is 10.0. The zero-order valence-electron chi connectivity index (χ0n) is 9.17. The number of thioether (sulfide) groups is 1. The number of rotatable bonds is 4. The van der Waals surface area contributed by atoms with Gasteiger partial charge < -0.3 is 10.6 Å². The third-order valence-electron chi connectivity index (χ3n) is 2.36. The van der Waals surface area contributed by atoms with Gasteiger partial charge >= 0.3 is 0 Å². The van der Waals surface area contributed by atoms with Crippen molar-refractivity contribution in [2.24, 2.45) is 5.92 Å². The molecule has 0 aliphatic carbocycles. The summed E-state index contributed by atoms with van der Waals surface area (Å²) < 4.78 is 0. The Bertz CT molecular complexity index is 197. The normalized spacial score (nSPS) is 27.9. The van der Waals surface area contributed by atoms with Gasteiger partial charge in [0.05, 0.1) is 6.04 Å². The molecule has 1 amide bonds. The summed E-state index contributed by atoms with van der Waals surface area (Å²) in [5.41, 5.74) is 0. The third kappa shape index (κ3) is 3.50. The minimum absolute atomic E-state index is 0.00779. The van der Waals surface area contributed by atoms with E-state index in [9.17, 15) is 4.79 Å². The van der Waals surface area contributed by atoms with Crippen molar-refractivity contribution in [1.82, 2.24) is 10.6 Å². The van der Waals surface area contributed by atoms with Crippen LogP contribution in [0, 0.1) is 5.92 Å². The van der Waals surface area contributed by atoms with Gasteiger partial charge in [-0.15, -0.1) is 0 Å². The molecule has 4 heteroatoms. The van der Waals surface area contributed by atoms with Crippen LogP contribution >= 0.6 is 11.8 Å². The van der Waals surface area contributed by atoms with Crippen LogP contribution in [0.2, 0.25) is 0 Å². The minimum atomic E-state index is 0.00779. The van der Waals surface area contributed by atoms with Gasteiger partial charge in [0, 0.05) is 18.3 Å². The molecule has 0 spiro atoms. The van der Waals surface area contributed by atoms with Crippen molar-refractivity contribution >= 4 is 17.7 Å². The van der Waals surface area contributed by atoms with Crippen LogP contribution in [0.1, 0.15) is 20.3 Å². The second-order valence-corrected chi connectivity index (χ2v) is 5.16. The molecule has 0 bridgehead atoms. The number of piperazine rings is 1. The lowest BCUT2D eigenvalue weighted by Gasteiger charge is -2.31. The van der Waals surface area contributed by atoms with Crippen LogP contribution in [-0.2, 0) is 4.79 Å². The Hall–Kier alpha value is -0.220. The van der Waals surface area contributed by atoms with Crippen LogP contribution in [0.5, 0.6) is 0 Å². The Balaban J connectivity index is 2.35. The van der Waals surface area contributed by atoms with Gasteiger partial charge in [0.2, 0.25) is 5.91 Å². The van der Waals surface area contributed by atoms with Gasteiger partial charge in [0.1, 0.15) is 0 Å². The molecule has 0 aromatic carbocycles. The summed E-state index contributed by atoms with van der Waals surface area (Å²) in [7, 11) is 0. The monoisotopic (exact) mass is 216 g/mol. The number of carbonyl (C=O) groups is 1. The Morgan fingerprint density at radius 1 is 1.57 bits per heavy atom. The smallest absolute Gasteiger partial charge is 0.238 e. The maximum Gasteiger partial charge on any atom is 0.238 e. The fourth-order valence-corrected chi connectivity index (χ4v) is 2.35. The molecule has 14 heavy (non-hydrogen) atoms. The van der Waals surface area contributed by atoms with Crippen molar-refractivity contribution in [3.05, 3.63) is 0 Å². The van der Waals surface area contributed by atoms with Crippen molar-refractivity contribution < 1.29 is 4.79 Å². The zero-order chi connectivity index (χ0) is 10.6. The highest BCUT2D eigenvalue weighted by atomic mass is 32.2. The summed E-state index contributed by atoms with van der Waals surface area (Å²) in [4.78, 5) is 11.6. The number of carbonyl (C=O) groups excluding carboxylic acids is 1. The molecule has 82 valence electrons. The molecule has 1 fully saturated rings. The first-order valence-corrected chi connectivity index (χ1v) is 6.55. The van der Waals surface area contributed by atoms with Gasteiger partial charge in [-0.3, -0.25) is 4.79 Å².